The molecule has 2 aromatic rings. The number of aromatic amines is 1. The van der Waals surface area contributed by atoms with E-state index in [1.54, 1.807) is 16.7 Å². The maximum Gasteiger partial charge on any atom is 0.256 e. The van der Waals surface area contributed by atoms with E-state index < -0.39 is 0 Å². The summed E-state index contributed by atoms with van der Waals surface area (Å²) < 4.78 is 2.35. The second-order valence-corrected chi connectivity index (χ2v) is 3.08. The number of pyridine rings is 1. The van der Waals surface area contributed by atoms with Crippen molar-refractivity contribution >= 4 is 21.6 Å². The lowest BCUT2D eigenvalue weighted by Gasteiger charge is -1.86. The summed E-state index contributed by atoms with van der Waals surface area (Å²) in [6.45, 7) is 0. The quantitative estimate of drug-likeness (QED) is 0.705. The Bertz CT molecular complexity index is 443. The zero-order valence-corrected chi connectivity index (χ0v) is 7.13. The lowest BCUT2D eigenvalue weighted by molar-refractivity contribution is 1.11. The van der Waals surface area contributed by atoms with Gasteiger partial charge in [0.1, 0.15) is 10.3 Å². The van der Waals surface area contributed by atoms with Crippen molar-refractivity contribution in [2.45, 2.75) is 0 Å². The molecular weight excluding hydrogens is 208 g/mol. The van der Waals surface area contributed by atoms with Gasteiger partial charge in [-0.25, -0.2) is 0 Å². The summed E-state index contributed by atoms with van der Waals surface area (Å²) in [7, 11) is 0. The number of nitrogens with zero attached hydrogens (tertiary/aromatic N) is 1. The molecule has 0 aliphatic heterocycles. The maximum absolute atomic E-state index is 11.1. The number of halogens is 1. The highest BCUT2D eigenvalue weighted by molar-refractivity contribution is 9.10. The van der Waals surface area contributed by atoms with Crippen molar-refractivity contribution < 1.29 is 0 Å². The summed E-state index contributed by atoms with van der Waals surface area (Å²) in [5.41, 5.74) is 0.772. The minimum absolute atomic E-state index is 0.0237. The first-order valence-electron chi connectivity index (χ1n) is 3.13. The lowest BCUT2D eigenvalue weighted by atomic mass is 10.5. The number of aromatic nitrogens is 2. The summed E-state index contributed by atoms with van der Waals surface area (Å²) in [5, 5.41) is 0. The van der Waals surface area contributed by atoms with Crippen LogP contribution in [0.5, 0.6) is 0 Å². The number of fused-ring (bicyclic) bond motifs is 1. The predicted octanol–water partition coefficient (Wildman–Crippen LogP) is 1.39. The Morgan fingerprint density at radius 1 is 1.45 bits per heavy atom. The highest BCUT2D eigenvalue weighted by atomic mass is 79.9. The number of hydrogen-bond acceptors (Lipinski definition) is 1. The standard InChI is InChI=1S/C7H5BrN2O/c8-5-4-10-6(9-5)2-1-3-7(10)11/h1-4,9H. The number of nitrogens with one attached hydrogen (secondary N) is 1. The van der Waals surface area contributed by atoms with E-state index in [2.05, 4.69) is 20.9 Å². The van der Waals surface area contributed by atoms with Crippen LogP contribution in [0.25, 0.3) is 5.65 Å². The Hall–Kier alpha value is -1.03. The first-order chi connectivity index (χ1) is 5.27. The average molecular weight is 213 g/mol. The molecule has 0 radical (unpaired) electrons. The topological polar surface area (TPSA) is 37.3 Å². The van der Waals surface area contributed by atoms with Crippen molar-refractivity contribution in [1.29, 1.82) is 0 Å². The van der Waals surface area contributed by atoms with Crippen LogP contribution in [-0.2, 0) is 0 Å². The van der Waals surface area contributed by atoms with Gasteiger partial charge in [-0.15, -0.1) is 0 Å². The van der Waals surface area contributed by atoms with Gasteiger partial charge in [0.15, 0.2) is 0 Å². The van der Waals surface area contributed by atoms with Crippen molar-refractivity contribution in [2.75, 3.05) is 0 Å². The van der Waals surface area contributed by atoms with E-state index in [9.17, 15) is 4.79 Å². The second kappa shape index (κ2) is 2.23. The van der Waals surface area contributed by atoms with Gasteiger partial charge >= 0.3 is 0 Å². The van der Waals surface area contributed by atoms with E-state index in [1.807, 2.05) is 6.07 Å². The normalized spacial score (nSPS) is 10.6. The molecular formula is C7H5BrN2O. The Morgan fingerprint density at radius 2 is 2.27 bits per heavy atom. The highest BCUT2D eigenvalue weighted by Gasteiger charge is 1.96. The molecule has 0 aliphatic carbocycles. The number of hydrogen-bond donors (Lipinski definition) is 1. The summed E-state index contributed by atoms with van der Waals surface area (Å²) in [5.74, 6) is 0. The number of imidazole rings is 1. The molecule has 0 bridgehead atoms. The molecule has 0 unspecified atom stereocenters. The van der Waals surface area contributed by atoms with Crippen molar-refractivity contribution in [3.8, 4) is 0 Å². The summed E-state index contributed by atoms with van der Waals surface area (Å²) >= 11 is 3.24. The molecule has 2 aromatic heterocycles. The Balaban J connectivity index is 3.02. The van der Waals surface area contributed by atoms with Gasteiger partial charge in [0, 0.05) is 12.3 Å². The van der Waals surface area contributed by atoms with E-state index in [-0.39, 0.29) is 5.56 Å². The molecule has 3 nitrogen and oxygen atoms in total. The molecule has 11 heavy (non-hydrogen) atoms. The highest BCUT2D eigenvalue weighted by Crippen LogP contribution is 2.07. The summed E-state index contributed by atoms with van der Waals surface area (Å²) in [4.78, 5) is 14.1. The molecule has 4 heteroatoms. The summed E-state index contributed by atoms with van der Waals surface area (Å²) in [6.07, 6.45) is 1.71. The third-order valence-electron chi connectivity index (χ3n) is 1.48. The smallest absolute Gasteiger partial charge is 0.256 e. The first kappa shape index (κ1) is 6.67. The zero-order chi connectivity index (χ0) is 7.84. The van der Waals surface area contributed by atoms with E-state index >= 15 is 0 Å². The van der Waals surface area contributed by atoms with Gasteiger partial charge in [-0.2, -0.15) is 0 Å². The van der Waals surface area contributed by atoms with Crippen LogP contribution in [0.3, 0.4) is 0 Å². The molecule has 0 saturated carbocycles. The monoisotopic (exact) mass is 212 g/mol. The van der Waals surface area contributed by atoms with Crippen molar-refractivity contribution in [3.05, 3.63) is 39.4 Å². The molecule has 56 valence electrons. The van der Waals surface area contributed by atoms with Crippen LogP contribution in [0.15, 0.2) is 33.8 Å². The fourth-order valence-electron chi connectivity index (χ4n) is 1.00. The molecule has 0 saturated heterocycles. The zero-order valence-electron chi connectivity index (χ0n) is 5.54. The Kier molecular flexibility index (Phi) is 1.35. The van der Waals surface area contributed by atoms with Gasteiger partial charge in [-0.3, -0.25) is 9.20 Å². The predicted molar refractivity (Wildman–Crippen MR) is 45.7 cm³/mol. The van der Waals surface area contributed by atoms with Gasteiger partial charge in [-0.1, -0.05) is 6.07 Å². The van der Waals surface area contributed by atoms with E-state index in [4.69, 9.17) is 0 Å². The van der Waals surface area contributed by atoms with E-state index in [0.29, 0.717) is 0 Å². The van der Waals surface area contributed by atoms with Gasteiger partial charge in [-0.05, 0) is 22.0 Å². The maximum atomic E-state index is 11.1. The molecule has 0 aromatic carbocycles. The van der Waals surface area contributed by atoms with Gasteiger partial charge in [0.2, 0.25) is 0 Å². The average Bonchev–Trinajstić information content (AvgIpc) is 2.31. The lowest BCUT2D eigenvalue weighted by Crippen LogP contribution is -2.08. The van der Waals surface area contributed by atoms with Gasteiger partial charge in [0.25, 0.3) is 5.56 Å². The van der Waals surface area contributed by atoms with Crippen LogP contribution in [0.2, 0.25) is 0 Å². The van der Waals surface area contributed by atoms with Crippen LogP contribution in [-0.4, -0.2) is 9.38 Å². The molecule has 2 heterocycles. The van der Waals surface area contributed by atoms with Crippen molar-refractivity contribution in [2.24, 2.45) is 0 Å². The Morgan fingerprint density at radius 3 is 3.00 bits per heavy atom. The Labute approximate surface area is 70.8 Å². The molecule has 0 amide bonds. The van der Waals surface area contributed by atoms with Gasteiger partial charge < -0.3 is 4.98 Å². The van der Waals surface area contributed by atoms with Crippen LogP contribution in [0.4, 0.5) is 0 Å². The van der Waals surface area contributed by atoms with E-state index in [1.165, 1.54) is 6.07 Å². The fourth-order valence-corrected chi connectivity index (χ4v) is 1.41. The molecule has 1 N–H and O–H groups in total. The van der Waals surface area contributed by atoms with Crippen molar-refractivity contribution in [1.82, 2.24) is 9.38 Å². The fraction of sp³-hybridized carbons (Fsp3) is 0. The van der Waals surface area contributed by atoms with Crippen LogP contribution >= 0.6 is 15.9 Å². The molecule has 0 fully saturated rings. The first-order valence-corrected chi connectivity index (χ1v) is 3.92. The minimum atomic E-state index is -0.0237. The van der Waals surface area contributed by atoms with Crippen LogP contribution in [0.1, 0.15) is 0 Å². The third kappa shape index (κ3) is 0.991. The third-order valence-corrected chi connectivity index (χ3v) is 1.88. The molecule has 0 spiro atoms. The second-order valence-electron chi connectivity index (χ2n) is 2.22. The van der Waals surface area contributed by atoms with Crippen LogP contribution < -0.4 is 5.56 Å². The van der Waals surface area contributed by atoms with Crippen LogP contribution in [0, 0.1) is 0 Å². The molecule has 0 atom stereocenters. The summed E-state index contributed by atoms with van der Waals surface area (Å²) in [6, 6.07) is 5.08. The largest absolute Gasteiger partial charge is 0.334 e. The van der Waals surface area contributed by atoms with Crippen molar-refractivity contribution in [3.63, 3.8) is 0 Å². The van der Waals surface area contributed by atoms with Gasteiger partial charge in [0.05, 0.1) is 0 Å². The molecule has 2 rings (SSSR count). The SMILES string of the molecule is O=c1cccc2[nH]c(Br)cn12. The molecule has 0 aliphatic rings. The number of H-pyrrole nitrogens is 1. The number of rotatable bonds is 0. The minimum Gasteiger partial charge on any atom is -0.334 e. The van der Waals surface area contributed by atoms with E-state index in [0.717, 1.165) is 10.3 Å².